The van der Waals surface area contributed by atoms with E-state index in [1.807, 2.05) is 54.6 Å². The number of aryl methyl sites for hydroxylation is 1. The average molecular weight is 441 g/mol. The Morgan fingerprint density at radius 2 is 1.96 bits per heavy atom. The SMILES string of the molecule is COc1ccc(CCC(=O)NCc2cccc(Oc3ccccn3)c2)cc1Br. The Labute approximate surface area is 172 Å². The van der Waals surface area contributed by atoms with Crippen molar-refractivity contribution >= 4 is 21.8 Å². The van der Waals surface area contributed by atoms with Gasteiger partial charge in [0.15, 0.2) is 0 Å². The Hall–Kier alpha value is -2.86. The molecule has 0 unspecified atom stereocenters. The molecule has 0 radical (unpaired) electrons. The number of hydrogen-bond acceptors (Lipinski definition) is 4. The van der Waals surface area contributed by atoms with Crippen LogP contribution in [0.25, 0.3) is 0 Å². The second-order valence-electron chi connectivity index (χ2n) is 6.16. The molecule has 0 saturated heterocycles. The predicted molar refractivity (Wildman–Crippen MR) is 112 cm³/mol. The minimum absolute atomic E-state index is 0.00277. The largest absolute Gasteiger partial charge is 0.496 e. The van der Waals surface area contributed by atoms with Crippen molar-refractivity contribution in [3.05, 3.63) is 82.5 Å². The number of carbonyl (C=O) groups excluding carboxylic acids is 1. The zero-order valence-corrected chi connectivity index (χ0v) is 17.1. The van der Waals surface area contributed by atoms with Gasteiger partial charge in [-0.2, -0.15) is 0 Å². The molecule has 0 bridgehead atoms. The summed E-state index contributed by atoms with van der Waals surface area (Å²) in [6.07, 6.45) is 2.76. The molecular weight excluding hydrogens is 420 g/mol. The van der Waals surface area contributed by atoms with Gasteiger partial charge >= 0.3 is 0 Å². The molecule has 3 aromatic rings. The second-order valence-corrected chi connectivity index (χ2v) is 7.02. The third-order valence-corrected chi connectivity index (χ3v) is 4.72. The first-order valence-corrected chi connectivity index (χ1v) is 9.70. The third kappa shape index (κ3) is 5.82. The molecule has 0 atom stereocenters. The van der Waals surface area contributed by atoms with Crippen LogP contribution in [0.4, 0.5) is 0 Å². The molecule has 0 aliphatic rings. The molecule has 0 fully saturated rings. The summed E-state index contributed by atoms with van der Waals surface area (Å²) in [6, 6.07) is 18.9. The van der Waals surface area contributed by atoms with Gasteiger partial charge in [-0.15, -0.1) is 0 Å². The Bertz CT molecular complexity index is 932. The Balaban J connectivity index is 1.49. The first-order valence-electron chi connectivity index (χ1n) is 8.91. The van der Waals surface area contributed by atoms with Crippen molar-refractivity contribution in [3.63, 3.8) is 0 Å². The van der Waals surface area contributed by atoms with Gasteiger partial charge < -0.3 is 14.8 Å². The molecule has 0 aliphatic heterocycles. The van der Waals surface area contributed by atoms with E-state index in [9.17, 15) is 4.79 Å². The highest BCUT2D eigenvalue weighted by Crippen LogP contribution is 2.26. The summed E-state index contributed by atoms with van der Waals surface area (Å²) in [7, 11) is 1.63. The lowest BCUT2D eigenvalue weighted by atomic mass is 10.1. The van der Waals surface area contributed by atoms with Gasteiger partial charge in [-0.3, -0.25) is 4.79 Å². The summed E-state index contributed by atoms with van der Waals surface area (Å²) in [5.41, 5.74) is 2.04. The highest BCUT2D eigenvalue weighted by molar-refractivity contribution is 9.10. The number of methoxy groups -OCH3 is 1. The van der Waals surface area contributed by atoms with Gasteiger partial charge in [0.05, 0.1) is 11.6 Å². The number of ether oxygens (including phenoxy) is 2. The third-order valence-electron chi connectivity index (χ3n) is 4.11. The van der Waals surface area contributed by atoms with E-state index in [1.165, 1.54) is 0 Å². The fourth-order valence-corrected chi connectivity index (χ4v) is 3.25. The lowest BCUT2D eigenvalue weighted by Gasteiger charge is -2.09. The molecular formula is C22H21BrN2O3. The van der Waals surface area contributed by atoms with Crippen LogP contribution in [-0.4, -0.2) is 18.0 Å². The first-order chi connectivity index (χ1) is 13.6. The van der Waals surface area contributed by atoms with Crippen LogP contribution in [0.3, 0.4) is 0 Å². The first kappa shape index (κ1) is 19.9. The van der Waals surface area contributed by atoms with E-state index in [0.717, 1.165) is 21.3 Å². The van der Waals surface area contributed by atoms with Gasteiger partial charge in [0, 0.05) is 25.2 Å². The van der Waals surface area contributed by atoms with Crippen molar-refractivity contribution in [2.24, 2.45) is 0 Å². The Morgan fingerprint density at radius 3 is 2.71 bits per heavy atom. The summed E-state index contributed by atoms with van der Waals surface area (Å²) in [5.74, 6) is 2.01. The van der Waals surface area contributed by atoms with Crippen LogP contribution in [-0.2, 0) is 17.8 Å². The highest BCUT2D eigenvalue weighted by Gasteiger charge is 2.06. The zero-order chi connectivity index (χ0) is 19.8. The number of hydrogen-bond donors (Lipinski definition) is 1. The Morgan fingerprint density at radius 1 is 1.07 bits per heavy atom. The van der Waals surface area contributed by atoms with Crippen molar-refractivity contribution in [2.45, 2.75) is 19.4 Å². The number of nitrogens with zero attached hydrogens (tertiary/aromatic N) is 1. The van der Waals surface area contributed by atoms with E-state index in [-0.39, 0.29) is 5.91 Å². The quantitative estimate of drug-likeness (QED) is 0.541. The van der Waals surface area contributed by atoms with Crippen molar-refractivity contribution in [2.75, 3.05) is 7.11 Å². The molecule has 144 valence electrons. The van der Waals surface area contributed by atoms with E-state index < -0.39 is 0 Å². The predicted octanol–water partition coefficient (Wildman–Crippen LogP) is 4.89. The molecule has 0 saturated carbocycles. The van der Waals surface area contributed by atoms with Crippen LogP contribution < -0.4 is 14.8 Å². The highest BCUT2D eigenvalue weighted by atomic mass is 79.9. The van der Waals surface area contributed by atoms with Gasteiger partial charge in [-0.1, -0.05) is 24.3 Å². The van der Waals surface area contributed by atoms with Crippen LogP contribution in [0.5, 0.6) is 17.4 Å². The topological polar surface area (TPSA) is 60.5 Å². The summed E-state index contributed by atoms with van der Waals surface area (Å²) in [6.45, 7) is 0.449. The van der Waals surface area contributed by atoms with Crippen LogP contribution in [0.15, 0.2) is 71.3 Å². The number of carbonyl (C=O) groups is 1. The standard InChI is InChI=1S/C22H21BrN2O3/c1-27-20-10-8-16(14-19(20)23)9-11-21(26)25-15-17-5-4-6-18(13-17)28-22-7-2-3-12-24-22/h2-8,10,12-14H,9,11,15H2,1H3,(H,25,26). The van der Waals surface area contributed by atoms with E-state index in [0.29, 0.717) is 31.0 Å². The maximum Gasteiger partial charge on any atom is 0.220 e. The molecule has 1 N–H and O–H groups in total. The second kappa shape index (κ2) is 9.90. The van der Waals surface area contributed by atoms with Crippen LogP contribution in [0.1, 0.15) is 17.5 Å². The summed E-state index contributed by atoms with van der Waals surface area (Å²) in [5, 5.41) is 2.95. The van der Waals surface area contributed by atoms with Gasteiger partial charge in [0.25, 0.3) is 0 Å². The molecule has 3 rings (SSSR count). The van der Waals surface area contributed by atoms with Crippen molar-refractivity contribution in [3.8, 4) is 17.4 Å². The molecule has 0 aliphatic carbocycles. The Kier molecular flexibility index (Phi) is 7.03. The number of benzene rings is 2. The zero-order valence-electron chi connectivity index (χ0n) is 15.5. The van der Waals surface area contributed by atoms with Crippen molar-refractivity contribution < 1.29 is 14.3 Å². The summed E-state index contributed by atoms with van der Waals surface area (Å²) >= 11 is 3.46. The van der Waals surface area contributed by atoms with Crippen LogP contribution >= 0.6 is 15.9 Å². The van der Waals surface area contributed by atoms with E-state index in [2.05, 4.69) is 26.2 Å². The number of nitrogens with one attached hydrogen (secondary N) is 1. The number of pyridine rings is 1. The summed E-state index contributed by atoms with van der Waals surface area (Å²) in [4.78, 5) is 16.3. The monoisotopic (exact) mass is 440 g/mol. The normalized spacial score (nSPS) is 10.4. The van der Waals surface area contributed by atoms with Crippen molar-refractivity contribution in [1.29, 1.82) is 0 Å². The van der Waals surface area contributed by atoms with Gasteiger partial charge in [0.2, 0.25) is 11.8 Å². The van der Waals surface area contributed by atoms with E-state index >= 15 is 0 Å². The fourth-order valence-electron chi connectivity index (χ4n) is 2.66. The molecule has 1 heterocycles. The molecule has 2 aromatic carbocycles. The van der Waals surface area contributed by atoms with Gasteiger partial charge in [-0.05, 0) is 63.8 Å². The average Bonchev–Trinajstić information content (AvgIpc) is 2.72. The molecule has 1 amide bonds. The van der Waals surface area contributed by atoms with E-state index in [4.69, 9.17) is 9.47 Å². The number of rotatable bonds is 8. The smallest absolute Gasteiger partial charge is 0.220 e. The van der Waals surface area contributed by atoms with Crippen LogP contribution in [0.2, 0.25) is 0 Å². The molecule has 6 heteroatoms. The number of amides is 1. The molecule has 5 nitrogen and oxygen atoms in total. The molecule has 0 spiro atoms. The minimum atomic E-state index is 0.00277. The lowest BCUT2D eigenvalue weighted by molar-refractivity contribution is -0.121. The van der Waals surface area contributed by atoms with Crippen molar-refractivity contribution in [1.82, 2.24) is 10.3 Å². The molecule has 28 heavy (non-hydrogen) atoms. The maximum absolute atomic E-state index is 12.2. The summed E-state index contributed by atoms with van der Waals surface area (Å²) < 4.78 is 11.8. The number of halogens is 1. The number of aromatic nitrogens is 1. The fraction of sp³-hybridized carbons (Fsp3) is 0.182. The minimum Gasteiger partial charge on any atom is -0.496 e. The maximum atomic E-state index is 12.2. The lowest BCUT2D eigenvalue weighted by Crippen LogP contribution is -2.23. The molecule has 1 aromatic heterocycles. The van der Waals surface area contributed by atoms with E-state index in [1.54, 1.807) is 19.4 Å². The van der Waals surface area contributed by atoms with Crippen LogP contribution in [0, 0.1) is 0 Å². The van der Waals surface area contributed by atoms with Gasteiger partial charge in [0.1, 0.15) is 11.5 Å². The van der Waals surface area contributed by atoms with Gasteiger partial charge in [-0.25, -0.2) is 4.98 Å².